The minimum atomic E-state index is -0.301. The van der Waals surface area contributed by atoms with Gasteiger partial charge in [0.25, 0.3) is 0 Å². The molecular formula is C25H33N7O2. The highest BCUT2D eigenvalue weighted by Crippen LogP contribution is 2.46. The van der Waals surface area contributed by atoms with Gasteiger partial charge in [0.15, 0.2) is 0 Å². The number of hydrogen-bond acceptors (Lipinski definition) is 7. The number of carbonyl (C=O) groups excluding carboxylic acids is 1. The predicted molar refractivity (Wildman–Crippen MR) is 126 cm³/mol. The fourth-order valence-corrected chi connectivity index (χ4v) is 5.25. The van der Waals surface area contributed by atoms with E-state index in [1.54, 1.807) is 11.0 Å². The van der Waals surface area contributed by atoms with Crippen LogP contribution in [0.15, 0.2) is 12.7 Å². The van der Waals surface area contributed by atoms with Crippen LogP contribution < -0.4 is 4.90 Å². The van der Waals surface area contributed by atoms with Crippen LogP contribution in [0, 0.1) is 17.2 Å². The summed E-state index contributed by atoms with van der Waals surface area (Å²) >= 11 is 0. The number of anilines is 1. The Hall–Kier alpha value is -2.99. The lowest BCUT2D eigenvalue weighted by atomic mass is 9.87. The van der Waals surface area contributed by atoms with Gasteiger partial charge in [-0.05, 0) is 38.2 Å². The third-order valence-corrected chi connectivity index (χ3v) is 7.28. The lowest BCUT2D eigenvalue weighted by Crippen LogP contribution is -2.58. The average molecular weight is 464 g/mol. The van der Waals surface area contributed by atoms with Gasteiger partial charge >= 0.3 is 0 Å². The maximum Gasteiger partial charge on any atom is 0.244 e. The number of piperazine rings is 1. The van der Waals surface area contributed by atoms with Gasteiger partial charge in [-0.3, -0.25) is 4.79 Å². The standard InChI is InChI=1S/C25H33N7O2/c1-16(2)21-11-30(7-8-32(21)22(33)12-31-15-27-14-28-31)24-19(10-26)18-9-25(3,4)34-13-20(18)23(29-24)17-5-6-17/h14-17,21H,5-9,11-13H2,1-4H3. The molecule has 0 radical (unpaired) electrons. The molecular weight excluding hydrogens is 430 g/mol. The Morgan fingerprint density at radius 1 is 1.29 bits per heavy atom. The zero-order valence-electron chi connectivity index (χ0n) is 20.5. The number of ether oxygens (including phenoxy) is 1. The molecule has 9 heteroatoms. The van der Waals surface area contributed by atoms with Crippen LogP contribution in [-0.4, -0.2) is 61.8 Å². The Morgan fingerprint density at radius 3 is 2.74 bits per heavy atom. The zero-order valence-corrected chi connectivity index (χ0v) is 20.5. The van der Waals surface area contributed by atoms with E-state index in [4.69, 9.17) is 9.72 Å². The van der Waals surface area contributed by atoms with Crippen molar-refractivity contribution in [2.24, 2.45) is 5.92 Å². The van der Waals surface area contributed by atoms with Crippen molar-refractivity contribution in [3.8, 4) is 6.07 Å². The number of aromatic nitrogens is 4. The molecule has 180 valence electrons. The van der Waals surface area contributed by atoms with Crippen molar-refractivity contribution < 1.29 is 9.53 Å². The summed E-state index contributed by atoms with van der Waals surface area (Å²) in [7, 11) is 0. The molecule has 2 aliphatic heterocycles. The molecule has 0 N–H and O–H groups in total. The van der Waals surface area contributed by atoms with E-state index in [9.17, 15) is 10.1 Å². The van der Waals surface area contributed by atoms with Crippen molar-refractivity contribution in [1.29, 1.82) is 5.26 Å². The second kappa shape index (κ2) is 8.66. The minimum absolute atomic E-state index is 0.0262. The molecule has 3 aliphatic rings. The fraction of sp³-hybridized carbons (Fsp3) is 0.640. The molecule has 1 saturated heterocycles. The number of pyridine rings is 1. The number of amides is 1. The number of nitriles is 1. The van der Waals surface area contributed by atoms with Crippen molar-refractivity contribution >= 4 is 11.7 Å². The molecule has 1 unspecified atom stereocenters. The van der Waals surface area contributed by atoms with Gasteiger partial charge in [0, 0.05) is 37.5 Å². The number of carbonyl (C=O) groups is 1. The van der Waals surface area contributed by atoms with E-state index in [2.05, 4.69) is 48.7 Å². The van der Waals surface area contributed by atoms with Crippen LogP contribution in [0.3, 0.4) is 0 Å². The molecule has 2 fully saturated rings. The van der Waals surface area contributed by atoms with E-state index in [-0.39, 0.29) is 30.0 Å². The van der Waals surface area contributed by atoms with Crippen LogP contribution in [0.25, 0.3) is 0 Å². The van der Waals surface area contributed by atoms with Crippen molar-refractivity contribution in [2.75, 3.05) is 24.5 Å². The highest BCUT2D eigenvalue weighted by Gasteiger charge is 2.39. The van der Waals surface area contributed by atoms with Crippen LogP contribution in [0.4, 0.5) is 5.82 Å². The van der Waals surface area contributed by atoms with Crippen molar-refractivity contribution in [3.63, 3.8) is 0 Å². The maximum atomic E-state index is 13.1. The molecule has 1 amide bonds. The summed E-state index contributed by atoms with van der Waals surface area (Å²) in [5.41, 5.74) is 3.73. The quantitative estimate of drug-likeness (QED) is 0.672. The van der Waals surface area contributed by atoms with Gasteiger partial charge in [-0.1, -0.05) is 13.8 Å². The van der Waals surface area contributed by atoms with Gasteiger partial charge in [0.05, 0.1) is 29.5 Å². The molecule has 34 heavy (non-hydrogen) atoms. The molecule has 9 nitrogen and oxygen atoms in total. The molecule has 2 aromatic heterocycles. The second-order valence-electron chi connectivity index (χ2n) is 10.7. The van der Waals surface area contributed by atoms with Crippen LogP contribution in [0.1, 0.15) is 68.8 Å². The first kappa shape index (κ1) is 22.8. The number of hydrogen-bond donors (Lipinski definition) is 0. The van der Waals surface area contributed by atoms with Crippen molar-refractivity contribution in [3.05, 3.63) is 35.0 Å². The lowest BCUT2D eigenvalue weighted by Gasteiger charge is -2.44. The molecule has 0 spiro atoms. The summed E-state index contributed by atoms with van der Waals surface area (Å²) in [5.74, 6) is 1.56. The minimum Gasteiger partial charge on any atom is -0.370 e. The van der Waals surface area contributed by atoms with Crippen molar-refractivity contribution in [2.45, 2.75) is 77.7 Å². The Morgan fingerprint density at radius 2 is 2.09 bits per heavy atom. The van der Waals surface area contributed by atoms with E-state index in [0.717, 1.165) is 35.5 Å². The Kier molecular flexibility index (Phi) is 5.80. The summed E-state index contributed by atoms with van der Waals surface area (Å²) in [6, 6.07) is 2.52. The molecule has 4 heterocycles. The third-order valence-electron chi connectivity index (χ3n) is 7.28. The van der Waals surface area contributed by atoms with E-state index >= 15 is 0 Å². The molecule has 0 aromatic carbocycles. The predicted octanol–water partition coefficient (Wildman–Crippen LogP) is 2.65. The summed E-state index contributed by atoms with van der Waals surface area (Å²) < 4.78 is 7.67. The van der Waals surface area contributed by atoms with Crippen LogP contribution in [-0.2, 0) is 29.1 Å². The van der Waals surface area contributed by atoms with Crippen LogP contribution in [0.2, 0.25) is 0 Å². The smallest absolute Gasteiger partial charge is 0.244 e. The maximum absolute atomic E-state index is 13.1. The fourth-order valence-electron chi connectivity index (χ4n) is 5.25. The summed E-state index contributed by atoms with van der Waals surface area (Å²) in [6.45, 7) is 11.1. The monoisotopic (exact) mass is 463 g/mol. The molecule has 1 atom stereocenters. The number of nitrogens with zero attached hydrogens (tertiary/aromatic N) is 7. The first-order valence-electron chi connectivity index (χ1n) is 12.2. The summed E-state index contributed by atoms with van der Waals surface area (Å²) in [4.78, 5) is 26.4. The largest absolute Gasteiger partial charge is 0.370 e. The Balaban J connectivity index is 1.46. The van der Waals surface area contributed by atoms with Crippen molar-refractivity contribution in [1.82, 2.24) is 24.6 Å². The van der Waals surface area contributed by atoms with E-state index in [1.807, 2.05) is 4.90 Å². The molecule has 2 aromatic rings. The normalized spacial score (nSPS) is 21.9. The average Bonchev–Trinajstić information content (AvgIpc) is 3.53. The molecule has 0 bridgehead atoms. The zero-order chi connectivity index (χ0) is 24.0. The highest BCUT2D eigenvalue weighted by molar-refractivity contribution is 5.77. The van der Waals surface area contributed by atoms with E-state index < -0.39 is 0 Å². The van der Waals surface area contributed by atoms with Gasteiger partial charge in [0.1, 0.15) is 31.1 Å². The first-order chi connectivity index (χ1) is 16.3. The lowest BCUT2D eigenvalue weighted by molar-refractivity contribution is -0.135. The molecule has 5 rings (SSSR count). The summed E-state index contributed by atoms with van der Waals surface area (Å²) in [6.07, 6.45) is 6.02. The molecule has 1 aliphatic carbocycles. The third kappa shape index (κ3) is 4.27. The number of fused-ring (bicyclic) bond motifs is 1. The van der Waals surface area contributed by atoms with Gasteiger partial charge in [-0.25, -0.2) is 14.6 Å². The van der Waals surface area contributed by atoms with Gasteiger partial charge in [-0.2, -0.15) is 10.4 Å². The van der Waals surface area contributed by atoms with Crippen LogP contribution in [0.5, 0.6) is 0 Å². The van der Waals surface area contributed by atoms with Crippen LogP contribution >= 0.6 is 0 Å². The Bertz CT molecular complexity index is 1120. The summed E-state index contributed by atoms with van der Waals surface area (Å²) in [5, 5.41) is 14.3. The van der Waals surface area contributed by atoms with E-state index in [0.29, 0.717) is 44.1 Å². The van der Waals surface area contributed by atoms with Gasteiger partial charge < -0.3 is 14.5 Å². The first-order valence-corrected chi connectivity index (χ1v) is 12.2. The van der Waals surface area contributed by atoms with E-state index in [1.165, 1.54) is 6.33 Å². The highest BCUT2D eigenvalue weighted by atomic mass is 16.5. The number of rotatable bonds is 5. The topological polar surface area (TPSA) is 100 Å². The SMILES string of the molecule is CC(C)C1CN(c2nc(C3CC3)c3c(c2C#N)CC(C)(C)OC3)CCN1C(=O)Cn1cncn1. The second-order valence-corrected chi connectivity index (χ2v) is 10.7. The van der Waals surface area contributed by atoms with Gasteiger partial charge in [-0.15, -0.1) is 0 Å². The Labute approximate surface area is 200 Å². The van der Waals surface area contributed by atoms with Gasteiger partial charge in [0.2, 0.25) is 5.91 Å². The molecule has 1 saturated carbocycles.